The summed E-state index contributed by atoms with van der Waals surface area (Å²) in [6.07, 6.45) is 3.70. The van der Waals surface area contributed by atoms with Crippen LogP contribution in [-0.4, -0.2) is 47.3 Å². The van der Waals surface area contributed by atoms with Gasteiger partial charge in [-0.25, -0.2) is 4.79 Å². The molecule has 0 aromatic carbocycles. The van der Waals surface area contributed by atoms with Gasteiger partial charge in [0.05, 0.1) is 5.60 Å². The molecule has 1 aromatic rings. The van der Waals surface area contributed by atoms with Crippen molar-refractivity contribution >= 4 is 17.8 Å². The highest BCUT2D eigenvalue weighted by atomic mass is 32.2. The third-order valence-electron chi connectivity index (χ3n) is 4.51. The number of carbonyl (C=O) groups excluding carboxylic acids is 1. The molecule has 2 saturated heterocycles. The number of aromatic nitrogens is 1. The molecule has 3 rings (SSSR count). The number of ether oxygens (including phenoxy) is 1. The molecule has 0 saturated carbocycles. The zero-order valence-corrected chi connectivity index (χ0v) is 14.5. The normalized spacial score (nSPS) is 27.1. The first-order chi connectivity index (χ1) is 11.2. The molecule has 1 aromatic heterocycles. The number of amides is 2. The lowest BCUT2D eigenvalue weighted by molar-refractivity contribution is -0.0684. The summed E-state index contributed by atoms with van der Waals surface area (Å²) in [4.78, 5) is 16.5. The lowest BCUT2D eigenvalue weighted by Gasteiger charge is -2.37. The number of pyridine rings is 1. The predicted molar refractivity (Wildman–Crippen MR) is 92.9 cm³/mol. The smallest absolute Gasteiger partial charge is 0.315 e. The van der Waals surface area contributed by atoms with Gasteiger partial charge in [0.1, 0.15) is 0 Å². The molecule has 3 heterocycles. The van der Waals surface area contributed by atoms with Crippen molar-refractivity contribution < 1.29 is 9.53 Å². The Hall–Kier alpha value is -1.27. The minimum Gasteiger partial charge on any atom is -0.374 e. The number of nitrogens with one attached hydrogen (secondary N) is 2. The first-order valence-electron chi connectivity index (χ1n) is 8.34. The Morgan fingerprint density at radius 2 is 2.43 bits per heavy atom. The summed E-state index contributed by atoms with van der Waals surface area (Å²) in [5.74, 6) is 2.23. The molecule has 1 spiro atoms. The van der Waals surface area contributed by atoms with E-state index in [9.17, 15) is 4.79 Å². The van der Waals surface area contributed by atoms with E-state index in [0.717, 1.165) is 49.4 Å². The number of aryl methyl sites for hydroxylation is 1. The lowest BCUT2D eigenvalue weighted by atomic mass is 9.90. The zero-order chi connectivity index (χ0) is 16.1. The molecule has 6 heteroatoms. The summed E-state index contributed by atoms with van der Waals surface area (Å²) in [6.45, 7) is 3.33. The van der Waals surface area contributed by atoms with Crippen LogP contribution in [0.4, 0.5) is 4.79 Å². The van der Waals surface area contributed by atoms with Gasteiger partial charge in [-0.2, -0.15) is 11.8 Å². The van der Waals surface area contributed by atoms with Crippen LogP contribution in [0.3, 0.4) is 0 Å². The molecule has 23 heavy (non-hydrogen) atoms. The largest absolute Gasteiger partial charge is 0.374 e. The summed E-state index contributed by atoms with van der Waals surface area (Å²) >= 11 is 1.95. The number of hydrogen-bond acceptors (Lipinski definition) is 4. The highest BCUT2D eigenvalue weighted by Crippen LogP contribution is 2.38. The fraction of sp³-hybridized carbons (Fsp3) is 0.647. The SMILES string of the molecule is Cc1cccc(CCNC(=O)N[C@H]2CCO[C@@]3(CCSC3)C2)n1. The Labute approximate surface area is 142 Å². The van der Waals surface area contributed by atoms with E-state index in [1.54, 1.807) is 0 Å². The second kappa shape index (κ2) is 7.53. The van der Waals surface area contributed by atoms with E-state index in [4.69, 9.17) is 4.74 Å². The highest BCUT2D eigenvalue weighted by Gasteiger charge is 2.40. The molecule has 2 amide bonds. The van der Waals surface area contributed by atoms with Gasteiger partial charge < -0.3 is 15.4 Å². The van der Waals surface area contributed by atoms with Crippen LogP contribution in [0.1, 0.15) is 30.7 Å². The Morgan fingerprint density at radius 1 is 1.52 bits per heavy atom. The topological polar surface area (TPSA) is 63.2 Å². The van der Waals surface area contributed by atoms with Gasteiger partial charge in [0.15, 0.2) is 0 Å². The Morgan fingerprint density at radius 3 is 3.22 bits per heavy atom. The van der Waals surface area contributed by atoms with Crippen LogP contribution in [0.2, 0.25) is 0 Å². The van der Waals surface area contributed by atoms with Gasteiger partial charge in [0.25, 0.3) is 0 Å². The van der Waals surface area contributed by atoms with Crippen molar-refractivity contribution in [3.8, 4) is 0 Å². The van der Waals surface area contributed by atoms with Gasteiger partial charge >= 0.3 is 6.03 Å². The van der Waals surface area contributed by atoms with Crippen LogP contribution in [0.25, 0.3) is 0 Å². The van der Waals surface area contributed by atoms with Gasteiger partial charge in [-0.05, 0) is 44.1 Å². The lowest BCUT2D eigenvalue weighted by Crippen LogP contribution is -2.51. The molecule has 5 nitrogen and oxygen atoms in total. The fourth-order valence-electron chi connectivity index (χ4n) is 3.29. The maximum atomic E-state index is 12.1. The molecular formula is C17H25N3O2S. The molecule has 0 aliphatic carbocycles. The second-order valence-electron chi connectivity index (χ2n) is 6.44. The summed E-state index contributed by atoms with van der Waals surface area (Å²) in [7, 11) is 0. The highest BCUT2D eigenvalue weighted by molar-refractivity contribution is 7.99. The summed E-state index contributed by atoms with van der Waals surface area (Å²) < 4.78 is 5.99. The maximum absolute atomic E-state index is 12.1. The van der Waals surface area contributed by atoms with Crippen molar-refractivity contribution in [1.82, 2.24) is 15.6 Å². The van der Waals surface area contributed by atoms with E-state index in [-0.39, 0.29) is 17.7 Å². The van der Waals surface area contributed by atoms with E-state index in [1.807, 2.05) is 36.9 Å². The van der Waals surface area contributed by atoms with Gasteiger partial charge in [-0.3, -0.25) is 4.98 Å². The second-order valence-corrected chi connectivity index (χ2v) is 7.55. The maximum Gasteiger partial charge on any atom is 0.315 e. The van der Waals surface area contributed by atoms with E-state index in [2.05, 4.69) is 15.6 Å². The quantitative estimate of drug-likeness (QED) is 0.886. The van der Waals surface area contributed by atoms with Crippen molar-refractivity contribution in [2.45, 2.75) is 44.2 Å². The van der Waals surface area contributed by atoms with E-state index >= 15 is 0 Å². The molecule has 0 bridgehead atoms. The summed E-state index contributed by atoms with van der Waals surface area (Å²) in [5.41, 5.74) is 2.03. The molecular weight excluding hydrogens is 310 g/mol. The van der Waals surface area contributed by atoms with Crippen LogP contribution in [0.15, 0.2) is 18.2 Å². The molecule has 0 radical (unpaired) electrons. The fourth-order valence-corrected chi connectivity index (χ4v) is 4.67. The first-order valence-corrected chi connectivity index (χ1v) is 9.49. The third-order valence-corrected chi connectivity index (χ3v) is 5.73. The standard InChI is InChI=1S/C17H25N3O2S/c1-13-3-2-4-14(19-13)5-8-18-16(21)20-15-6-9-22-17(11-15)7-10-23-12-17/h2-4,15H,5-12H2,1H3,(H2,18,20,21)/t15-,17-/m0/s1. The number of hydrogen-bond donors (Lipinski definition) is 2. The Bertz CT molecular complexity index is 546. The average Bonchev–Trinajstić information content (AvgIpc) is 2.95. The Kier molecular flexibility index (Phi) is 5.43. The van der Waals surface area contributed by atoms with E-state index < -0.39 is 0 Å². The van der Waals surface area contributed by atoms with Crippen LogP contribution in [0.5, 0.6) is 0 Å². The van der Waals surface area contributed by atoms with Crippen LogP contribution in [0, 0.1) is 6.92 Å². The van der Waals surface area contributed by atoms with Crippen molar-refractivity contribution in [2.75, 3.05) is 24.7 Å². The van der Waals surface area contributed by atoms with Gasteiger partial charge in [0, 0.05) is 42.8 Å². The monoisotopic (exact) mass is 335 g/mol. The number of urea groups is 1. The minimum atomic E-state index is -0.0784. The first kappa shape index (κ1) is 16.6. The number of rotatable bonds is 4. The Balaban J connectivity index is 1.40. The van der Waals surface area contributed by atoms with Crippen molar-refractivity contribution in [3.05, 3.63) is 29.6 Å². The van der Waals surface area contributed by atoms with Crippen molar-refractivity contribution in [2.24, 2.45) is 0 Å². The number of thioether (sulfide) groups is 1. The summed E-state index contributed by atoms with van der Waals surface area (Å²) in [5, 5.41) is 6.05. The van der Waals surface area contributed by atoms with Gasteiger partial charge in [-0.1, -0.05) is 6.07 Å². The van der Waals surface area contributed by atoms with E-state index in [1.165, 1.54) is 5.75 Å². The van der Waals surface area contributed by atoms with Crippen molar-refractivity contribution in [1.29, 1.82) is 0 Å². The number of nitrogens with zero attached hydrogens (tertiary/aromatic N) is 1. The van der Waals surface area contributed by atoms with E-state index in [0.29, 0.717) is 6.54 Å². The number of carbonyl (C=O) groups is 1. The average molecular weight is 335 g/mol. The summed E-state index contributed by atoms with van der Waals surface area (Å²) in [6, 6.07) is 6.11. The van der Waals surface area contributed by atoms with Crippen molar-refractivity contribution in [3.63, 3.8) is 0 Å². The van der Waals surface area contributed by atoms with Gasteiger partial charge in [0.2, 0.25) is 0 Å². The zero-order valence-electron chi connectivity index (χ0n) is 13.6. The molecule has 2 atom stereocenters. The molecule has 126 valence electrons. The van der Waals surface area contributed by atoms with Gasteiger partial charge in [-0.15, -0.1) is 0 Å². The molecule has 2 aliphatic heterocycles. The predicted octanol–water partition coefficient (Wildman–Crippen LogP) is 2.29. The minimum absolute atomic E-state index is 0.00630. The molecule has 2 aliphatic rings. The van der Waals surface area contributed by atoms with Crippen LogP contribution >= 0.6 is 11.8 Å². The molecule has 0 unspecified atom stereocenters. The molecule has 2 N–H and O–H groups in total. The van der Waals surface area contributed by atoms with Crippen LogP contribution < -0.4 is 10.6 Å². The molecule has 2 fully saturated rings. The van der Waals surface area contributed by atoms with Crippen LogP contribution in [-0.2, 0) is 11.2 Å². The third kappa shape index (κ3) is 4.61.